The number of benzene rings is 1. The molecule has 90 valence electrons. The molecule has 0 unspecified atom stereocenters. The van der Waals surface area contributed by atoms with Crippen molar-refractivity contribution in [3.05, 3.63) is 34.9 Å². The van der Waals surface area contributed by atoms with Crippen molar-refractivity contribution in [3.8, 4) is 0 Å². The molecule has 0 radical (unpaired) electrons. The van der Waals surface area contributed by atoms with Gasteiger partial charge in [-0.15, -0.1) is 12.4 Å². The Bertz CT molecular complexity index is 347. The molecule has 2 rings (SSSR count). The van der Waals surface area contributed by atoms with E-state index in [1.54, 1.807) is 0 Å². The lowest BCUT2D eigenvalue weighted by Crippen LogP contribution is -2.57. The maximum Gasteiger partial charge on any atom is 0.0406 e. The molecule has 2 N–H and O–H groups in total. The van der Waals surface area contributed by atoms with Crippen molar-refractivity contribution in [1.29, 1.82) is 0 Å². The smallest absolute Gasteiger partial charge is 0.0406 e. The van der Waals surface area contributed by atoms with E-state index in [1.165, 1.54) is 24.8 Å². The average molecular weight is 260 g/mol. The Morgan fingerprint density at radius 3 is 2.00 bits per heavy atom. The quantitative estimate of drug-likeness (QED) is 0.856. The predicted octanol–water partition coefficient (Wildman–Crippen LogP) is 3.92. The van der Waals surface area contributed by atoms with Gasteiger partial charge >= 0.3 is 0 Å². The monoisotopic (exact) mass is 259 g/mol. The minimum Gasteiger partial charge on any atom is -0.325 e. The standard InChI is InChI=1S/C13H18ClN.ClH/c1-12(2,15)13(8-3-9-13)10-4-6-11(14)7-5-10;/h4-7H,3,8-9,15H2,1-2H3;1H. The highest BCUT2D eigenvalue weighted by Crippen LogP contribution is 2.50. The lowest BCUT2D eigenvalue weighted by atomic mass is 9.55. The molecule has 0 saturated heterocycles. The summed E-state index contributed by atoms with van der Waals surface area (Å²) >= 11 is 5.91. The van der Waals surface area contributed by atoms with E-state index in [9.17, 15) is 0 Å². The fraction of sp³-hybridized carbons (Fsp3) is 0.538. The van der Waals surface area contributed by atoms with Crippen LogP contribution >= 0.6 is 24.0 Å². The third-order valence-electron chi connectivity index (χ3n) is 3.84. The summed E-state index contributed by atoms with van der Waals surface area (Å²) in [6.45, 7) is 4.25. The molecule has 16 heavy (non-hydrogen) atoms. The lowest BCUT2D eigenvalue weighted by molar-refractivity contribution is 0.138. The van der Waals surface area contributed by atoms with Gasteiger partial charge in [0.25, 0.3) is 0 Å². The fourth-order valence-corrected chi connectivity index (χ4v) is 2.73. The summed E-state index contributed by atoms with van der Waals surface area (Å²) in [6, 6.07) is 8.16. The van der Waals surface area contributed by atoms with Gasteiger partial charge in [-0.2, -0.15) is 0 Å². The van der Waals surface area contributed by atoms with Crippen molar-refractivity contribution < 1.29 is 0 Å². The number of nitrogens with two attached hydrogens (primary N) is 1. The van der Waals surface area contributed by atoms with Crippen LogP contribution in [0.5, 0.6) is 0 Å². The minimum atomic E-state index is -0.154. The van der Waals surface area contributed by atoms with Crippen LogP contribution in [-0.4, -0.2) is 5.54 Å². The zero-order valence-electron chi connectivity index (χ0n) is 9.79. The van der Waals surface area contributed by atoms with Crippen LogP contribution in [0.2, 0.25) is 5.02 Å². The molecule has 0 amide bonds. The maximum atomic E-state index is 6.31. The Kier molecular flexibility index (Phi) is 3.94. The van der Waals surface area contributed by atoms with Crippen LogP contribution in [0, 0.1) is 0 Å². The highest BCUT2D eigenvalue weighted by atomic mass is 35.5. The van der Waals surface area contributed by atoms with Crippen molar-refractivity contribution in [2.45, 2.75) is 44.1 Å². The molecular formula is C13H19Cl2N. The third-order valence-corrected chi connectivity index (χ3v) is 4.09. The Hall–Kier alpha value is -0.240. The molecule has 0 aliphatic heterocycles. The van der Waals surface area contributed by atoms with Crippen molar-refractivity contribution in [2.24, 2.45) is 5.73 Å². The van der Waals surface area contributed by atoms with Crippen LogP contribution < -0.4 is 5.73 Å². The molecule has 1 aromatic carbocycles. The highest BCUT2D eigenvalue weighted by Gasteiger charge is 2.48. The number of rotatable bonds is 2. The molecule has 1 aliphatic carbocycles. The Morgan fingerprint density at radius 1 is 1.19 bits per heavy atom. The minimum absolute atomic E-state index is 0. The van der Waals surface area contributed by atoms with E-state index in [4.69, 9.17) is 17.3 Å². The van der Waals surface area contributed by atoms with Crippen molar-refractivity contribution in [3.63, 3.8) is 0 Å². The zero-order valence-corrected chi connectivity index (χ0v) is 11.4. The zero-order chi connectivity index (χ0) is 11.1. The molecule has 1 fully saturated rings. The number of hydrogen-bond donors (Lipinski definition) is 1. The van der Waals surface area contributed by atoms with Gasteiger partial charge in [-0.25, -0.2) is 0 Å². The van der Waals surface area contributed by atoms with E-state index in [0.717, 1.165) is 5.02 Å². The van der Waals surface area contributed by atoms with E-state index in [-0.39, 0.29) is 23.4 Å². The molecule has 0 heterocycles. The molecule has 0 aromatic heterocycles. The van der Waals surface area contributed by atoms with Crippen LogP contribution in [-0.2, 0) is 5.41 Å². The normalized spacial score (nSPS) is 18.5. The van der Waals surface area contributed by atoms with Crippen molar-refractivity contribution in [1.82, 2.24) is 0 Å². The summed E-state index contributed by atoms with van der Waals surface area (Å²) in [6.07, 6.45) is 3.67. The summed E-state index contributed by atoms with van der Waals surface area (Å²) in [5, 5.41) is 0.794. The van der Waals surface area contributed by atoms with E-state index >= 15 is 0 Å². The largest absolute Gasteiger partial charge is 0.325 e. The van der Waals surface area contributed by atoms with Crippen LogP contribution in [0.15, 0.2) is 24.3 Å². The summed E-state index contributed by atoms with van der Waals surface area (Å²) < 4.78 is 0. The first-order chi connectivity index (χ1) is 6.96. The van der Waals surface area contributed by atoms with Gasteiger partial charge in [0, 0.05) is 16.0 Å². The Balaban J connectivity index is 0.00000128. The average Bonchev–Trinajstić information content (AvgIpc) is 2.03. The van der Waals surface area contributed by atoms with Gasteiger partial charge < -0.3 is 5.73 Å². The van der Waals surface area contributed by atoms with E-state index < -0.39 is 0 Å². The summed E-state index contributed by atoms with van der Waals surface area (Å²) in [5.74, 6) is 0. The molecule has 3 heteroatoms. The van der Waals surface area contributed by atoms with Gasteiger partial charge in [-0.05, 0) is 44.4 Å². The molecule has 0 bridgehead atoms. The van der Waals surface area contributed by atoms with Gasteiger partial charge in [0.1, 0.15) is 0 Å². The van der Waals surface area contributed by atoms with Crippen LogP contribution in [0.3, 0.4) is 0 Å². The van der Waals surface area contributed by atoms with Crippen LogP contribution in [0.1, 0.15) is 38.7 Å². The third kappa shape index (κ3) is 2.09. The topological polar surface area (TPSA) is 26.0 Å². The Labute approximate surface area is 109 Å². The van der Waals surface area contributed by atoms with Crippen molar-refractivity contribution in [2.75, 3.05) is 0 Å². The summed E-state index contributed by atoms with van der Waals surface area (Å²) in [4.78, 5) is 0. The van der Waals surface area contributed by atoms with Crippen LogP contribution in [0.25, 0.3) is 0 Å². The second-order valence-corrected chi connectivity index (χ2v) is 5.60. The van der Waals surface area contributed by atoms with Crippen molar-refractivity contribution >= 4 is 24.0 Å². The SMILES string of the molecule is CC(C)(N)C1(c2ccc(Cl)cc2)CCC1.Cl. The first kappa shape index (κ1) is 13.8. The van der Waals surface area contributed by atoms with E-state index in [0.29, 0.717) is 0 Å². The van der Waals surface area contributed by atoms with Gasteiger partial charge in [-0.3, -0.25) is 0 Å². The molecule has 1 aliphatic rings. The first-order valence-electron chi connectivity index (χ1n) is 5.51. The molecule has 1 aromatic rings. The Morgan fingerprint density at radius 2 is 1.69 bits per heavy atom. The molecular weight excluding hydrogens is 241 g/mol. The van der Waals surface area contributed by atoms with Gasteiger partial charge in [0.05, 0.1) is 0 Å². The maximum absolute atomic E-state index is 6.31. The van der Waals surface area contributed by atoms with Gasteiger partial charge in [0.15, 0.2) is 0 Å². The second-order valence-electron chi connectivity index (χ2n) is 5.16. The molecule has 1 nitrogen and oxygen atoms in total. The predicted molar refractivity (Wildman–Crippen MR) is 72.5 cm³/mol. The number of halogens is 2. The lowest BCUT2D eigenvalue weighted by Gasteiger charge is -2.52. The highest BCUT2D eigenvalue weighted by molar-refractivity contribution is 6.30. The summed E-state index contributed by atoms with van der Waals surface area (Å²) in [5.41, 5.74) is 7.66. The molecule has 1 saturated carbocycles. The fourth-order valence-electron chi connectivity index (χ4n) is 2.60. The molecule has 0 spiro atoms. The van der Waals surface area contributed by atoms with E-state index in [1.807, 2.05) is 12.1 Å². The first-order valence-corrected chi connectivity index (χ1v) is 5.88. The van der Waals surface area contributed by atoms with Gasteiger partial charge in [-0.1, -0.05) is 30.2 Å². The number of hydrogen-bond acceptors (Lipinski definition) is 1. The second kappa shape index (κ2) is 4.56. The summed E-state index contributed by atoms with van der Waals surface area (Å²) in [7, 11) is 0. The molecule has 0 atom stereocenters. The van der Waals surface area contributed by atoms with Gasteiger partial charge in [0.2, 0.25) is 0 Å². The van der Waals surface area contributed by atoms with E-state index in [2.05, 4.69) is 26.0 Å². The van der Waals surface area contributed by atoms with Crippen LogP contribution in [0.4, 0.5) is 0 Å².